The SMILES string of the molecule is C[Si](C)(C)O[Si](C)(C)O[Si](C)(COc1ccc(-c2ccc(C#N)cc2)cc1)O[Si](C)(C)C. The average molecular weight is 504 g/mol. The molecule has 9 heteroatoms. The quantitative estimate of drug-likeness (QED) is 0.340. The van der Waals surface area contributed by atoms with Crippen LogP contribution >= 0.6 is 0 Å². The summed E-state index contributed by atoms with van der Waals surface area (Å²) in [5.74, 6) is 0.787. The van der Waals surface area contributed by atoms with Crippen molar-refractivity contribution in [3.63, 3.8) is 0 Å². The van der Waals surface area contributed by atoms with E-state index in [1.165, 1.54) is 0 Å². The maximum absolute atomic E-state index is 8.97. The molecule has 32 heavy (non-hydrogen) atoms. The highest BCUT2D eigenvalue weighted by Crippen LogP contribution is 2.26. The summed E-state index contributed by atoms with van der Waals surface area (Å²) >= 11 is 0. The fourth-order valence-electron chi connectivity index (χ4n) is 3.70. The number of nitriles is 1. The van der Waals surface area contributed by atoms with E-state index >= 15 is 0 Å². The Morgan fingerprint density at radius 3 is 1.56 bits per heavy atom. The van der Waals surface area contributed by atoms with Crippen molar-refractivity contribution in [3.8, 4) is 22.9 Å². The number of hydrogen-bond acceptors (Lipinski definition) is 5. The minimum absolute atomic E-state index is 0.416. The second kappa shape index (κ2) is 10.2. The lowest BCUT2D eigenvalue weighted by molar-refractivity contribution is 0.270. The van der Waals surface area contributed by atoms with E-state index < -0.39 is 33.8 Å². The second-order valence-corrected chi connectivity index (χ2v) is 26.8. The molecule has 1 atom stereocenters. The lowest BCUT2D eigenvalue weighted by Crippen LogP contribution is -2.59. The first-order valence-corrected chi connectivity index (χ1v) is 23.1. The van der Waals surface area contributed by atoms with Gasteiger partial charge in [0.25, 0.3) is 0 Å². The van der Waals surface area contributed by atoms with E-state index in [9.17, 15) is 0 Å². The Balaban J connectivity index is 2.13. The fourth-order valence-corrected chi connectivity index (χ4v) is 20.9. The van der Waals surface area contributed by atoms with Crippen molar-refractivity contribution in [2.75, 3.05) is 6.23 Å². The van der Waals surface area contributed by atoms with Gasteiger partial charge in [-0.15, -0.1) is 0 Å². The molecular formula is C23H37NO4Si4. The van der Waals surface area contributed by atoms with Crippen molar-refractivity contribution >= 4 is 33.8 Å². The maximum Gasteiger partial charge on any atom is 0.354 e. The van der Waals surface area contributed by atoms with E-state index in [-0.39, 0.29) is 0 Å². The predicted molar refractivity (Wildman–Crippen MR) is 141 cm³/mol. The van der Waals surface area contributed by atoms with Gasteiger partial charge in [-0.3, -0.25) is 0 Å². The second-order valence-electron chi connectivity index (χ2n) is 10.6. The van der Waals surface area contributed by atoms with Gasteiger partial charge in [0.2, 0.25) is 0 Å². The van der Waals surface area contributed by atoms with Crippen LogP contribution in [0.2, 0.25) is 58.9 Å². The van der Waals surface area contributed by atoms with Gasteiger partial charge in [-0.2, -0.15) is 5.26 Å². The van der Waals surface area contributed by atoms with Crippen molar-refractivity contribution in [2.24, 2.45) is 0 Å². The average Bonchev–Trinajstić information content (AvgIpc) is 2.63. The Hall–Kier alpha value is -1.52. The molecule has 0 radical (unpaired) electrons. The highest BCUT2D eigenvalue weighted by Gasteiger charge is 2.45. The lowest BCUT2D eigenvalue weighted by Gasteiger charge is -2.40. The maximum atomic E-state index is 8.97. The van der Waals surface area contributed by atoms with Crippen LogP contribution in [0.4, 0.5) is 0 Å². The standard InChI is InChI=1S/C23H37NO4Si4/c1-29(2,3)26-31(7,8)28-32(9,27-30(4,5)6)19-25-23-16-14-22(15-17-23)21-12-10-20(18-24)11-13-21/h10-17H,19H2,1-9H3. The molecule has 0 bridgehead atoms. The van der Waals surface area contributed by atoms with Crippen LogP contribution in [-0.4, -0.2) is 40.0 Å². The summed E-state index contributed by atoms with van der Waals surface area (Å²) in [6.07, 6.45) is 0.416. The summed E-state index contributed by atoms with van der Waals surface area (Å²) in [5, 5.41) is 8.97. The van der Waals surface area contributed by atoms with Crippen LogP contribution in [0.3, 0.4) is 0 Å². The molecule has 1 unspecified atom stereocenters. The van der Waals surface area contributed by atoms with Crippen LogP contribution in [-0.2, 0) is 12.3 Å². The van der Waals surface area contributed by atoms with Crippen molar-refractivity contribution in [1.29, 1.82) is 5.26 Å². The van der Waals surface area contributed by atoms with E-state index in [4.69, 9.17) is 22.3 Å². The van der Waals surface area contributed by atoms with E-state index in [0.717, 1.165) is 16.9 Å². The normalized spacial score (nSPS) is 14.5. The van der Waals surface area contributed by atoms with Gasteiger partial charge in [-0.05, 0) is 94.3 Å². The first kappa shape index (κ1) is 26.7. The van der Waals surface area contributed by atoms with Crippen molar-refractivity contribution in [1.82, 2.24) is 0 Å². The highest BCUT2D eigenvalue weighted by atomic mass is 28.5. The van der Waals surface area contributed by atoms with Crippen LogP contribution in [0.1, 0.15) is 5.56 Å². The van der Waals surface area contributed by atoms with Gasteiger partial charge in [0.1, 0.15) is 12.0 Å². The molecule has 2 aromatic rings. The van der Waals surface area contributed by atoms with Gasteiger partial charge < -0.3 is 17.1 Å². The minimum Gasteiger partial charge on any atom is -0.492 e. The number of rotatable bonds is 10. The summed E-state index contributed by atoms with van der Waals surface area (Å²) in [4.78, 5) is 0. The molecule has 0 aliphatic rings. The van der Waals surface area contributed by atoms with Crippen molar-refractivity contribution in [2.45, 2.75) is 58.9 Å². The zero-order valence-electron chi connectivity index (χ0n) is 20.9. The summed E-state index contributed by atoms with van der Waals surface area (Å²) < 4.78 is 25.9. The molecular weight excluding hydrogens is 467 g/mol. The molecule has 0 heterocycles. The van der Waals surface area contributed by atoms with Gasteiger partial charge in [0.15, 0.2) is 16.6 Å². The van der Waals surface area contributed by atoms with Crippen LogP contribution in [0, 0.1) is 11.3 Å². The summed E-state index contributed by atoms with van der Waals surface area (Å²) in [7, 11) is -8.54. The summed E-state index contributed by atoms with van der Waals surface area (Å²) in [5.41, 5.74) is 2.80. The molecule has 0 fully saturated rings. The lowest BCUT2D eigenvalue weighted by atomic mass is 10.0. The molecule has 2 rings (SSSR count). The van der Waals surface area contributed by atoms with Crippen LogP contribution in [0.15, 0.2) is 48.5 Å². The number of ether oxygens (including phenoxy) is 1. The van der Waals surface area contributed by atoms with Gasteiger partial charge in [0, 0.05) is 0 Å². The van der Waals surface area contributed by atoms with E-state index in [1.807, 2.05) is 48.5 Å². The number of benzene rings is 2. The first-order chi connectivity index (χ1) is 14.6. The first-order valence-electron chi connectivity index (χ1n) is 10.9. The van der Waals surface area contributed by atoms with Crippen LogP contribution in [0.5, 0.6) is 5.75 Å². The monoisotopic (exact) mass is 503 g/mol. The molecule has 0 spiro atoms. The Labute approximate surface area is 198 Å². The Morgan fingerprint density at radius 1 is 0.656 bits per heavy atom. The van der Waals surface area contributed by atoms with E-state index in [1.54, 1.807) is 0 Å². The van der Waals surface area contributed by atoms with Crippen LogP contribution < -0.4 is 4.74 Å². The molecule has 0 aliphatic carbocycles. The predicted octanol–water partition coefficient (Wildman–Crippen LogP) is 6.64. The van der Waals surface area contributed by atoms with Crippen molar-refractivity contribution < 1.29 is 17.1 Å². The molecule has 0 aliphatic heterocycles. The summed E-state index contributed by atoms with van der Waals surface area (Å²) in [6, 6.07) is 17.7. The van der Waals surface area contributed by atoms with Gasteiger partial charge in [-0.1, -0.05) is 24.3 Å². The third-order valence-electron chi connectivity index (χ3n) is 4.24. The molecule has 0 aromatic heterocycles. The molecule has 0 saturated heterocycles. The Bertz CT molecular complexity index is 929. The Morgan fingerprint density at radius 2 is 1.12 bits per heavy atom. The zero-order chi connectivity index (χ0) is 24.2. The third-order valence-corrected chi connectivity index (χ3v) is 17.2. The minimum atomic E-state index is -2.62. The smallest absolute Gasteiger partial charge is 0.354 e. The molecule has 2 aromatic carbocycles. The van der Waals surface area contributed by atoms with E-state index in [2.05, 4.69) is 65.0 Å². The van der Waals surface area contributed by atoms with Gasteiger partial charge in [0.05, 0.1) is 11.6 Å². The topological polar surface area (TPSA) is 60.7 Å². The largest absolute Gasteiger partial charge is 0.492 e. The van der Waals surface area contributed by atoms with Gasteiger partial charge in [-0.25, -0.2) is 0 Å². The molecule has 5 nitrogen and oxygen atoms in total. The fraction of sp³-hybridized carbons (Fsp3) is 0.435. The molecule has 0 saturated carbocycles. The molecule has 174 valence electrons. The van der Waals surface area contributed by atoms with Crippen molar-refractivity contribution in [3.05, 3.63) is 54.1 Å². The molecule has 0 amide bonds. The summed E-state index contributed by atoms with van der Waals surface area (Å²) in [6.45, 7) is 19.4. The Kier molecular flexibility index (Phi) is 8.50. The third kappa shape index (κ3) is 9.15. The number of hydrogen-bond donors (Lipinski definition) is 0. The number of nitrogens with zero attached hydrogens (tertiary/aromatic N) is 1. The van der Waals surface area contributed by atoms with Crippen LogP contribution in [0.25, 0.3) is 11.1 Å². The van der Waals surface area contributed by atoms with Gasteiger partial charge >= 0.3 is 17.1 Å². The van der Waals surface area contributed by atoms with E-state index in [0.29, 0.717) is 11.8 Å². The molecule has 0 N–H and O–H groups in total. The zero-order valence-corrected chi connectivity index (χ0v) is 24.9. The highest BCUT2D eigenvalue weighted by molar-refractivity contribution is 6.89.